The van der Waals surface area contributed by atoms with Crippen molar-refractivity contribution in [3.8, 4) is 6.07 Å². The molecule has 7 nitrogen and oxygen atoms in total. The van der Waals surface area contributed by atoms with Crippen molar-refractivity contribution in [1.29, 1.82) is 5.26 Å². The third-order valence-corrected chi connectivity index (χ3v) is 1.39. The van der Waals surface area contributed by atoms with Gasteiger partial charge in [-0.2, -0.15) is 5.26 Å². The predicted octanol–water partition coefficient (Wildman–Crippen LogP) is 0.490. The lowest BCUT2D eigenvalue weighted by Gasteiger charge is -1.91. The number of hydrogen-bond donors (Lipinski definition) is 0. The van der Waals surface area contributed by atoms with E-state index in [1.807, 2.05) is 6.07 Å². The Labute approximate surface area is 73.7 Å². The number of nitriles is 1. The molecule has 0 aliphatic carbocycles. The van der Waals surface area contributed by atoms with Crippen molar-refractivity contribution in [2.45, 2.75) is 19.4 Å². The fraction of sp³-hybridized carbons (Fsp3) is 0.500. The minimum atomic E-state index is -0.603. The molecule has 0 aromatic carbocycles. The average molecular weight is 181 g/mol. The monoisotopic (exact) mass is 181 g/mol. The van der Waals surface area contributed by atoms with Crippen LogP contribution in [0.3, 0.4) is 0 Å². The number of unbranched alkanes of at least 4 members (excludes halogenated alkanes) is 1. The molecular weight excluding hydrogens is 174 g/mol. The summed E-state index contributed by atoms with van der Waals surface area (Å²) in [6.07, 6.45) is 2.28. The summed E-state index contributed by atoms with van der Waals surface area (Å²) in [7, 11) is 0. The van der Waals surface area contributed by atoms with Gasteiger partial charge < -0.3 is 10.1 Å². The Balaban J connectivity index is 2.50. The van der Waals surface area contributed by atoms with Crippen molar-refractivity contribution < 1.29 is 4.92 Å². The van der Waals surface area contributed by atoms with Crippen molar-refractivity contribution in [1.82, 2.24) is 15.0 Å². The van der Waals surface area contributed by atoms with Crippen molar-refractivity contribution in [3.63, 3.8) is 0 Å². The SMILES string of the molecule is N#CCCCn1cc([N+](=O)[O-])nn1. The first-order valence-electron chi connectivity index (χ1n) is 3.65. The van der Waals surface area contributed by atoms with Gasteiger partial charge in [-0.1, -0.05) is 0 Å². The third kappa shape index (κ3) is 2.52. The largest absolute Gasteiger partial charge is 0.410 e. The number of aryl methyl sites for hydroxylation is 1. The Bertz CT molecular complexity index is 339. The predicted molar refractivity (Wildman–Crippen MR) is 41.5 cm³/mol. The summed E-state index contributed by atoms with van der Waals surface area (Å²) in [6.45, 7) is 0.481. The maximum absolute atomic E-state index is 10.2. The fourth-order valence-corrected chi connectivity index (χ4v) is 0.801. The molecule has 1 heterocycles. The molecule has 1 aromatic rings. The molecule has 0 saturated carbocycles. The van der Waals surface area contributed by atoms with Crippen molar-refractivity contribution in [2.24, 2.45) is 0 Å². The van der Waals surface area contributed by atoms with E-state index in [4.69, 9.17) is 5.26 Å². The highest BCUT2D eigenvalue weighted by Gasteiger charge is 2.10. The Morgan fingerprint density at radius 1 is 1.77 bits per heavy atom. The van der Waals surface area contributed by atoms with Crippen LogP contribution >= 0.6 is 0 Å². The number of rotatable bonds is 4. The summed E-state index contributed by atoms with van der Waals surface area (Å²) in [4.78, 5) is 9.58. The molecule has 1 rings (SSSR count). The Morgan fingerprint density at radius 3 is 3.08 bits per heavy atom. The molecule has 0 saturated heterocycles. The molecule has 0 amide bonds. The zero-order valence-electron chi connectivity index (χ0n) is 6.75. The van der Waals surface area contributed by atoms with Crippen LogP contribution in [-0.4, -0.2) is 19.9 Å². The minimum Gasteiger partial charge on any atom is -0.358 e. The van der Waals surface area contributed by atoms with E-state index in [0.717, 1.165) is 0 Å². The molecule has 1 aromatic heterocycles. The van der Waals surface area contributed by atoms with E-state index in [9.17, 15) is 10.1 Å². The van der Waals surface area contributed by atoms with Gasteiger partial charge in [0.1, 0.15) is 11.3 Å². The summed E-state index contributed by atoms with van der Waals surface area (Å²) in [5.74, 6) is -0.267. The van der Waals surface area contributed by atoms with Gasteiger partial charge in [-0.25, -0.2) is 4.68 Å². The van der Waals surface area contributed by atoms with Crippen LogP contribution in [0.2, 0.25) is 0 Å². The summed E-state index contributed by atoms with van der Waals surface area (Å²) in [5.41, 5.74) is 0. The highest BCUT2D eigenvalue weighted by Crippen LogP contribution is 2.03. The Hall–Kier alpha value is -1.97. The van der Waals surface area contributed by atoms with E-state index in [2.05, 4.69) is 10.3 Å². The number of hydrogen-bond acceptors (Lipinski definition) is 5. The van der Waals surface area contributed by atoms with Gasteiger partial charge in [0.25, 0.3) is 0 Å². The topological polar surface area (TPSA) is 97.6 Å². The van der Waals surface area contributed by atoms with Crippen LogP contribution in [0.4, 0.5) is 5.82 Å². The summed E-state index contributed by atoms with van der Waals surface area (Å²) < 4.78 is 1.36. The molecule has 0 atom stereocenters. The van der Waals surface area contributed by atoms with E-state index < -0.39 is 4.92 Å². The molecule has 0 bridgehead atoms. The first-order chi connectivity index (χ1) is 6.24. The molecular formula is C6H7N5O2. The minimum absolute atomic E-state index is 0.267. The lowest BCUT2D eigenvalue weighted by Crippen LogP contribution is -1.97. The van der Waals surface area contributed by atoms with Crippen LogP contribution in [0.1, 0.15) is 12.8 Å². The number of aromatic nitrogens is 3. The maximum atomic E-state index is 10.2. The summed E-state index contributed by atoms with van der Waals surface area (Å²) in [5, 5.41) is 25.3. The van der Waals surface area contributed by atoms with E-state index in [-0.39, 0.29) is 5.82 Å². The second kappa shape index (κ2) is 4.15. The fourth-order valence-electron chi connectivity index (χ4n) is 0.801. The van der Waals surface area contributed by atoms with E-state index in [1.54, 1.807) is 0 Å². The lowest BCUT2D eigenvalue weighted by atomic mass is 10.3. The van der Waals surface area contributed by atoms with Crippen LogP contribution in [0.15, 0.2) is 6.20 Å². The normalized spacial score (nSPS) is 9.46. The maximum Gasteiger partial charge on any atom is 0.410 e. The van der Waals surface area contributed by atoms with Gasteiger partial charge in [-0.05, 0) is 11.3 Å². The Kier molecular flexibility index (Phi) is 2.92. The van der Waals surface area contributed by atoms with Gasteiger partial charge in [0.15, 0.2) is 0 Å². The third-order valence-electron chi connectivity index (χ3n) is 1.39. The zero-order chi connectivity index (χ0) is 9.68. The standard InChI is InChI=1S/C6H7N5O2/c7-3-1-2-4-10-5-6(8-9-10)11(12)13/h5H,1-2,4H2. The van der Waals surface area contributed by atoms with Crippen LogP contribution in [-0.2, 0) is 6.54 Å². The van der Waals surface area contributed by atoms with Crippen LogP contribution in [0.25, 0.3) is 0 Å². The van der Waals surface area contributed by atoms with Gasteiger partial charge >= 0.3 is 5.82 Å². The highest BCUT2D eigenvalue weighted by atomic mass is 16.6. The van der Waals surface area contributed by atoms with E-state index in [0.29, 0.717) is 19.4 Å². The number of nitrogens with zero attached hydrogens (tertiary/aromatic N) is 5. The van der Waals surface area contributed by atoms with E-state index in [1.165, 1.54) is 10.9 Å². The molecule has 7 heteroatoms. The quantitative estimate of drug-likeness (QED) is 0.382. The van der Waals surface area contributed by atoms with Crippen molar-refractivity contribution in [3.05, 3.63) is 16.3 Å². The van der Waals surface area contributed by atoms with Crippen LogP contribution < -0.4 is 0 Å². The van der Waals surface area contributed by atoms with E-state index >= 15 is 0 Å². The van der Waals surface area contributed by atoms with Crippen molar-refractivity contribution in [2.75, 3.05) is 0 Å². The van der Waals surface area contributed by atoms with Crippen LogP contribution in [0, 0.1) is 21.4 Å². The molecule has 0 aliphatic rings. The summed E-state index contributed by atoms with van der Waals surface area (Å²) >= 11 is 0. The molecule has 0 N–H and O–H groups in total. The first kappa shape index (κ1) is 9.12. The molecule has 0 aliphatic heterocycles. The second-order valence-corrected chi connectivity index (χ2v) is 2.36. The molecule has 0 spiro atoms. The Morgan fingerprint density at radius 2 is 2.54 bits per heavy atom. The molecule has 68 valence electrons. The van der Waals surface area contributed by atoms with Gasteiger partial charge in [-0.15, -0.1) is 0 Å². The molecule has 0 unspecified atom stereocenters. The van der Waals surface area contributed by atoms with Gasteiger partial charge in [0.2, 0.25) is 0 Å². The van der Waals surface area contributed by atoms with Crippen molar-refractivity contribution >= 4 is 5.82 Å². The molecule has 13 heavy (non-hydrogen) atoms. The number of nitro groups is 1. The lowest BCUT2D eigenvalue weighted by molar-refractivity contribution is -0.389. The van der Waals surface area contributed by atoms with Gasteiger partial charge in [0.05, 0.1) is 11.3 Å². The highest BCUT2D eigenvalue weighted by molar-refractivity contribution is 5.08. The summed E-state index contributed by atoms with van der Waals surface area (Å²) in [6, 6.07) is 1.97. The first-order valence-corrected chi connectivity index (χ1v) is 3.65. The average Bonchev–Trinajstić information content (AvgIpc) is 2.53. The smallest absolute Gasteiger partial charge is 0.358 e. The molecule has 0 fully saturated rings. The zero-order valence-corrected chi connectivity index (χ0v) is 6.75. The molecule has 0 radical (unpaired) electrons. The van der Waals surface area contributed by atoms with Crippen LogP contribution in [0.5, 0.6) is 0 Å². The second-order valence-electron chi connectivity index (χ2n) is 2.36. The van der Waals surface area contributed by atoms with Gasteiger partial charge in [0, 0.05) is 13.0 Å². The van der Waals surface area contributed by atoms with Gasteiger partial charge in [-0.3, -0.25) is 0 Å².